The van der Waals surface area contributed by atoms with Crippen LogP contribution in [0.25, 0.3) is 0 Å². The van der Waals surface area contributed by atoms with E-state index in [1.807, 2.05) is 6.92 Å². The van der Waals surface area contributed by atoms with Crippen molar-refractivity contribution >= 4 is 21.7 Å². The fourth-order valence-corrected chi connectivity index (χ4v) is 3.06. The van der Waals surface area contributed by atoms with E-state index < -0.39 is 21.4 Å². The van der Waals surface area contributed by atoms with Crippen LogP contribution >= 0.6 is 0 Å². The Morgan fingerprint density at radius 1 is 1.30 bits per heavy atom. The molecule has 2 unspecified atom stereocenters. The van der Waals surface area contributed by atoms with Gasteiger partial charge < -0.3 is 10.2 Å². The summed E-state index contributed by atoms with van der Waals surface area (Å²) in [5, 5.41) is 2.74. The minimum atomic E-state index is -3.04. The van der Waals surface area contributed by atoms with Gasteiger partial charge in [-0.2, -0.15) is 0 Å². The maximum atomic E-state index is 12.4. The van der Waals surface area contributed by atoms with E-state index in [-0.39, 0.29) is 23.3 Å². The molecule has 1 rings (SSSR count). The largest absolute Gasteiger partial charge is 0.340 e. The van der Waals surface area contributed by atoms with Crippen molar-refractivity contribution in [3.05, 3.63) is 0 Å². The van der Waals surface area contributed by atoms with Crippen molar-refractivity contribution in [3.8, 4) is 0 Å². The number of nitrogens with zero attached hydrogens (tertiary/aromatic N) is 1. The van der Waals surface area contributed by atoms with Gasteiger partial charge in [-0.3, -0.25) is 9.59 Å². The lowest BCUT2D eigenvalue weighted by Crippen LogP contribution is -2.68. The zero-order valence-corrected chi connectivity index (χ0v) is 13.4. The molecule has 1 fully saturated rings. The Kier molecular flexibility index (Phi) is 5.18. The molecule has 0 radical (unpaired) electrons. The molecule has 0 bridgehead atoms. The van der Waals surface area contributed by atoms with E-state index in [9.17, 15) is 18.0 Å². The standard InChI is InChI=1S/C13H24N2O4S/c1-5-13(4)12(17)15(10(3)11(16)14-13)8-7-9-20(18,19)6-2/h10H,5-9H2,1-4H3,(H,14,16). The van der Waals surface area contributed by atoms with Crippen molar-refractivity contribution in [1.29, 1.82) is 0 Å². The summed E-state index contributed by atoms with van der Waals surface area (Å²) >= 11 is 0. The molecule has 1 N–H and O–H groups in total. The van der Waals surface area contributed by atoms with Crippen LogP contribution in [0.15, 0.2) is 0 Å². The summed E-state index contributed by atoms with van der Waals surface area (Å²) in [6, 6.07) is -0.550. The Hall–Kier alpha value is -1.11. The molecule has 6 nitrogen and oxygen atoms in total. The van der Waals surface area contributed by atoms with Gasteiger partial charge in [-0.15, -0.1) is 0 Å². The van der Waals surface area contributed by atoms with Crippen LogP contribution < -0.4 is 5.32 Å². The second kappa shape index (κ2) is 6.11. The molecule has 2 atom stereocenters. The van der Waals surface area contributed by atoms with Gasteiger partial charge in [0.2, 0.25) is 11.8 Å². The van der Waals surface area contributed by atoms with Crippen LogP contribution in [0.2, 0.25) is 0 Å². The van der Waals surface area contributed by atoms with Crippen molar-refractivity contribution < 1.29 is 18.0 Å². The Morgan fingerprint density at radius 2 is 1.90 bits per heavy atom. The second-order valence-electron chi connectivity index (χ2n) is 5.44. The highest BCUT2D eigenvalue weighted by molar-refractivity contribution is 7.91. The Bertz CT molecular complexity index is 489. The number of piperazine rings is 1. The molecule has 0 aromatic heterocycles. The Morgan fingerprint density at radius 3 is 2.40 bits per heavy atom. The first-order valence-electron chi connectivity index (χ1n) is 7.00. The van der Waals surface area contributed by atoms with Crippen LogP contribution in [0, 0.1) is 0 Å². The van der Waals surface area contributed by atoms with E-state index in [4.69, 9.17) is 0 Å². The van der Waals surface area contributed by atoms with Crippen LogP contribution in [0.4, 0.5) is 0 Å². The fourth-order valence-electron chi connectivity index (χ4n) is 2.20. The molecule has 20 heavy (non-hydrogen) atoms. The molecule has 116 valence electrons. The van der Waals surface area contributed by atoms with Crippen molar-refractivity contribution in [1.82, 2.24) is 10.2 Å². The molecule has 0 spiro atoms. The van der Waals surface area contributed by atoms with Gasteiger partial charge >= 0.3 is 0 Å². The van der Waals surface area contributed by atoms with E-state index in [0.717, 1.165) is 0 Å². The predicted octanol–water partition coefficient (Wildman–Crippen LogP) is 0.327. The van der Waals surface area contributed by atoms with Crippen LogP contribution in [-0.2, 0) is 19.4 Å². The quantitative estimate of drug-likeness (QED) is 0.766. The summed E-state index contributed by atoms with van der Waals surface area (Å²) in [6.07, 6.45) is 0.868. The zero-order valence-electron chi connectivity index (χ0n) is 12.6. The highest BCUT2D eigenvalue weighted by Gasteiger charge is 2.44. The molecule has 2 amide bonds. The highest BCUT2D eigenvalue weighted by Crippen LogP contribution is 2.21. The third kappa shape index (κ3) is 3.50. The highest BCUT2D eigenvalue weighted by atomic mass is 32.2. The van der Waals surface area contributed by atoms with Crippen LogP contribution in [0.5, 0.6) is 0 Å². The Labute approximate surface area is 120 Å². The normalized spacial score (nSPS) is 27.6. The first-order chi connectivity index (χ1) is 9.17. The lowest BCUT2D eigenvalue weighted by atomic mass is 9.92. The number of carbonyl (C=O) groups is 2. The SMILES string of the molecule is CCC1(C)NC(=O)C(C)N(CCCS(=O)(=O)CC)C1=O. The summed E-state index contributed by atoms with van der Waals surface area (Å²) in [7, 11) is -3.04. The Balaban J connectivity index is 2.76. The van der Waals surface area contributed by atoms with Gasteiger partial charge in [-0.05, 0) is 26.7 Å². The average molecular weight is 304 g/mol. The van der Waals surface area contributed by atoms with E-state index in [0.29, 0.717) is 19.4 Å². The lowest BCUT2D eigenvalue weighted by molar-refractivity contribution is -0.153. The van der Waals surface area contributed by atoms with Crippen molar-refractivity contribution in [3.63, 3.8) is 0 Å². The summed E-state index contributed by atoms with van der Waals surface area (Å²) in [6.45, 7) is 7.10. The summed E-state index contributed by atoms with van der Waals surface area (Å²) < 4.78 is 22.9. The summed E-state index contributed by atoms with van der Waals surface area (Å²) in [5.74, 6) is -0.179. The van der Waals surface area contributed by atoms with Crippen LogP contribution in [0.3, 0.4) is 0 Å². The number of nitrogens with one attached hydrogen (secondary N) is 1. The van der Waals surface area contributed by atoms with Crippen molar-refractivity contribution in [2.45, 2.75) is 52.1 Å². The number of hydrogen-bond donors (Lipinski definition) is 1. The molecular weight excluding hydrogens is 280 g/mol. The number of carbonyl (C=O) groups excluding carboxylic acids is 2. The van der Waals surface area contributed by atoms with Gasteiger partial charge in [0.15, 0.2) is 0 Å². The number of rotatable bonds is 6. The number of hydrogen-bond acceptors (Lipinski definition) is 4. The fraction of sp³-hybridized carbons (Fsp3) is 0.846. The van der Waals surface area contributed by atoms with Gasteiger partial charge in [-0.1, -0.05) is 13.8 Å². The third-order valence-corrected chi connectivity index (χ3v) is 5.77. The minimum absolute atomic E-state index is 0.0461. The smallest absolute Gasteiger partial charge is 0.248 e. The van der Waals surface area contributed by atoms with E-state index in [2.05, 4.69) is 5.32 Å². The first kappa shape index (κ1) is 16.9. The first-order valence-corrected chi connectivity index (χ1v) is 8.82. The zero-order chi connectivity index (χ0) is 15.6. The van der Waals surface area contributed by atoms with Gasteiger partial charge in [0.1, 0.15) is 21.4 Å². The molecule has 1 aliphatic heterocycles. The van der Waals surface area contributed by atoms with E-state index in [1.54, 1.807) is 20.8 Å². The van der Waals surface area contributed by atoms with Crippen LogP contribution in [0.1, 0.15) is 40.5 Å². The lowest BCUT2D eigenvalue weighted by Gasteiger charge is -2.43. The monoisotopic (exact) mass is 304 g/mol. The maximum Gasteiger partial charge on any atom is 0.248 e. The molecule has 1 aliphatic rings. The molecular formula is C13H24N2O4S. The van der Waals surface area contributed by atoms with Gasteiger partial charge in [0.25, 0.3) is 0 Å². The minimum Gasteiger partial charge on any atom is -0.340 e. The van der Waals surface area contributed by atoms with Crippen molar-refractivity contribution in [2.75, 3.05) is 18.1 Å². The van der Waals surface area contributed by atoms with Gasteiger partial charge in [0.05, 0.1) is 5.75 Å². The molecule has 0 aliphatic carbocycles. The summed E-state index contributed by atoms with van der Waals surface area (Å²) in [4.78, 5) is 25.8. The second-order valence-corrected chi connectivity index (χ2v) is 7.91. The van der Waals surface area contributed by atoms with Crippen molar-refractivity contribution in [2.24, 2.45) is 0 Å². The van der Waals surface area contributed by atoms with Crippen LogP contribution in [-0.4, -0.2) is 54.8 Å². The molecule has 0 aromatic rings. The maximum absolute atomic E-state index is 12.4. The molecule has 7 heteroatoms. The predicted molar refractivity (Wildman–Crippen MR) is 77.0 cm³/mol. The molecule has 1 saturated heterocycles. The molecule has 0 aromatic carbocycles. The van der Waals surface area contributed by atoms with Gasteiger partial charge in [0, 0.05) is 12.3 Å². The third-order valence-electron chi connectivity index (χ3n) is 3.98. The van der Waals surface area contributed by atoms with E-state index >= 15 is 0 Å². The number of amides is 2. The topological polar surface area (TPSA) is 83.6 Å². The average Bonchev–Trinajstić information content (AvgIpc) is 2.40. The van der Waals surface area contributed by atoms with Gasteiger partial charge in [-0.25, -0.2) is 8.42 Å². The van der Waals surface area contributed by atoms with E-state index in [1.165, 1.54) is 4.90 Å². The molecule has 0 saturated carbocycles. The summed E-state index contributed by atoms with van der Waals surface area (Å²) in [5.41, 5.74) is -0.882. The molecule has 1 heterocycles. The number of sulfone groups is 1.